The molecule has 0 aliphatic rings. The summed E-state index contributed by atoms with van der Waals surface area (Å²) in [5.41, 5.74) is 0.884. The zero-order valence-electron chi connectivity index (χ0n) is 10.1. The maximum absolute atomic E-state index is 5.19. The highest BCUT2D eigenvalue weighted by atomic mass is 79.9. The van der Waals surface area contributed by atoms with Crippen LogP contribution < -0.4 is 15.4 Å². The molecule has 0 aliphatic carbocycles. The zero-order chi connectivity index (χ0) is 13.0. The van der Waals surface area contributed by atoms with Gasteiger partial charge in [-0.25, -0.2) is 9.97 Å². The van der Waals surface area contributed by atoms with E-state index >= 15 is 0 Å². The number of benzene rings is 1. The minimum atomic E-state index is 0.711. The fourth-order valence-corrected chi connectivity index (χ4v) is 1.77. The fraction of sp³-hybridized carbons (Fsp3) is 0.167. The first kappa shape index (κ1) is 12.6. The molecule has 0 bridgehead atoms. The lowest BCUT2D eigenvalue weighted by molar-refractivity contribution is 0.415. The molecule has 0 radical (unpaired) electrons. The molecule has 0 unspecified atom stereocenters. The maximum Gasteiger partial charge on any atom is 0.135 e. The Morgan fingerprint density at radius 3 is 2.67 bits per heavy atom. The lowest BCUT2D eigenvalue weighted by Gasteiger charge is -2.10. The lowest BCUT2D eigenvalue weighted by atomic mass is 10.3. The van der Waals surface area contributed by atoms with Gasteiger partial charge in [0, 0.05) is 23.7 Å². The van der Waals surface area contributed by atoms with Gasteiger partial charge in [0.05, 0.1) is 12.8 Å². The van der Waals surface area contributed by atoms with Crippen LogP contribution >= 0.6 is 15.9 Å². The minimum absolute atomic E-state index is 0.711. The van der Waals surface area contributed by atoms with E-state index in [4.69, 9.17) is 4.74 Å². The molecular formula is C12H13BrN4O. The Bertz CT molecular complexity index is 547. The molecule has 1 aromatic carbocycles. The highest BCUT2D eigenvalue weighted by Gasteiger charge is 2.04. The number of nitrogens with zero attached hydrogens (tertiary/aromatic N) is 2. The number of anilines is 3. The predicted octanol–water partition coefficient (Wildman–Crippen LogP) is 3.03. The Balaban J connectivity index is 2.27. The number of methoxy groups -OCH3 is 1. The monoisotopic (exact) mass is 308 g/mol. The van der Waals surface area contributed by atoms with Crippen LogP contribution in [0.25, 0.3) is 0 Å². The molecule has 94 valence electrons. The van der Waals surface area contributed by atoms with Crippen molar-refractivity contribution in [3.8, 4) is 5.75 Å². The molecule has 1 heterocycles. The first-order valence-electron chi connectivity index (χ1n) is 5.33. The second kappa shape index (κ2) is 5.68. The van der Waals surface area contributed by atoms with Gasteiger partial charge in [-0.05, 0) is 28.1 Å². The maximum atomic E-state index is 5.19. The van der Waals surface area contributed by atoms with Crippen molar-refractivity contribution in [2.75, 3.05) is 24.8 Å². The van der Waals surface area contributed by atoms with E-state index in [1.165, 1.54) is 6.33 Å². The summed E-state index contributed by atoms with van der Waals surface area (Å²) in [5.74, 6) is 2.25. The van der Waals surface area contributed by atoms with E-state index < -0.39 is 0 Å². The summed E-state index contributed by atoms with van der Waals surface area (Å²) in [5, 5.41) is 6.17. The van der Waals surface area contributed by atoms with E-state index in [2.05, 4.69) is 36.5 Å². The molecular weight excluding hydrogens is 296 g/mol. The number of hydrogen-bond acceptors (Lipinski definition) is 5. The van der Waals surface area contributed by atoms with Crippen LogP contribution in [0, 0.1) is 0 Å². The Morgan fingerprint density at radius 1 is 1.17 bits per heavy atom. The molecule has 18 heavy (non-hydrogen) atoms. The SMILES string of the molecule is CNc1cc(Nc2cc(OC)ccc2Br)ncn1. The van der Waals surface area contributed by atoms with E-state index in [0.29, 0.717) is 5.82 Å². The van der Waals surface area contributed by atoms with Crippen LogP contribution in [0.4, 0.5) is 17.3 Å². The second-order valence-electron chi connectivity index (χ2n) is 3.51. The van der Waals surface area contributed by atoms with Gasteiger partial charge in [-0.3, -0.25) is 0 Å². The van der Waals surface area contributed by atoms with Gasteiger partial charge in [0.1, 0.15) is 23.7 Å². The van der Waals surface area contributed by atoms with E-state index in [-0.39, 0.29) is 0 Å². The van der Waals surface area contributed by atoms with Gasteiger partial charge in [0.2, 0.25) is 0 Å². The van der Waals surface area contributed by atoms with Gasteiger partial charge < -0.3 is 15.4 Å². The number of halogens is 1. The third kappa shape index (κ3) is 2.89. The standard InChI is InChI=1S/C12H13BrN4O/c1-14-11-6-12(16-7-15-11)17-10-5-8(18-2)3-4-9(10)13/h3-7H,1-2H3,(H2,14,15,16,17). The zero-order valence-corrected chi connectivity index (χ0v) is 11.7. The summed E-state index contributed by atoms with van der Waals surface area (Å²) in [4.78, 5) is 8.21. The number of rotatable bonds is 4. The smallest absolute Gasteiger partial charge is 0.135 e. The lowest BCUT2D eigenvalue weighted by Crippen LogP contribution is -1.98. The van der Waals surface area contributed by atoms with Crippen LogP contribution in [-0.2, 0) is 0 Å². The molecule has 5 nitrogen and oxygen atoms in total. The minimum Gasteiger partial charge on any atom is -0.497 e. The molecule has 0 spiro atoms. The fourth-order valence-electron chi connectivity index (χ4n) is 1.43. The molecule has 0 aliphatic heterocycles. The quantitative estimate of drug-likeness (QED) is 0.909. The van der Waals surface area contributed by atoms with Crippen molar-refractivity contribution >= 4 is 33.3 Å². The summed E-state index contributed by atoms with van der Waals surface area (Å²) in [6, 6.07) is 7.52. The Kier molecular flexibility index (Phi) is 3.99. The van der Waals surface area contributed by atoms with E-state index in [9.17, 15) is 0 Å². The predicted molar refractivity (Wildman–Crippen MR) is 75.6 cm³/mol. The average Bonchev–Trinajstić information content (AvgIpc) is 2.41. The van der Waals surface area contributed by atoms with Gasteiger partial charge >= 0.3 is 0 Å². The van der Waals surface area contributed by atoms with Crippen molar-refractivity contribution in [2.45, 2.75) is 0 Å². The summed E-state index contributed by atoms with van der Waals surface area (Å²) in [7, 11) is 3.45. The van der Waals surface area contributed by atoms with Crippen LogP contribution in [0.1, 0.15) is 0 Å². The van der Waals surface area contributed by atoms with Gasteiger partial charge in [0.25, 0.3) is 0 Å². The summed E-state index contributed by atoms with van der Waals surface area (Å²) in [6.07, 6.45) is 1.50. The van der Waals surface area contributed by atoms with Crippen molar-refractivity contribution in [1.82, 2.24) is 9.97 Å². The highest BCUT2D eigenvalue weighted by Crippen LogP contribution is 2.29. The van der Waals surface area contributed by atoms with Crippen LogP contribution in [-0.4, -0.2) is 24.1 Å². The Morgan fingerprint density at radius 2 is 1.94 bits per heavy atom. The van der Waals surface area contributed by atoms with Crippen LogP contribution in [0.15, 0.2) is 35.1 Å². The van der Waals surface area contributed by atoms with Gasteiger partial charge in [-0.15, -0.1) is 0 Å². The molecule has 6 heteroatoms. The van der Waals surface area contributed by atoms with Gasteiger partial charge in [-0.1, -0.05) is 0 Å². The molecule has 0 atom stereocenters. The topological polar surface area (TPSA) is 59.1 Å². The number of ether oxygens (including phenoxy) is 1. The molecule has 0 saturated carbocycles. The Hall–Kier alpha value is -1.82. The largest absolute Gasteiger partial charge is 0.497 e. The van der Waals surface area contributed by atoms with E-state index in [1.54, 1.807) is 7.11 Å². The van der Waals surface area contributed by atoms with Crippen molar-refractivity contribution in [1.29, 1.82) is 0 Å². The third-order valence-electron chi connectivity index (χ3n) is 2.36. The molecule has 0 saturated heterocycles. The van der Waals surface area contributed by atoms with Crippen molar-refractivity contribution < 1.29 is 4.74 Å². The second-order valence-corrected chi connectivity index (χ2v) is 4.36. The van der Waals surface area contributed by atoms with E-state index in [0.717, 1.165) is 21.7 Å². The molecule has 1 aromatic heterocycles. The van der Waals surface area contributed by atoms with E-state index in [1.807, 2.05) is 31.3 Å². The summed E-state index contributed by atoms with van der Waals surface area (Å²) < 4.78 is 6.12. The molecule has 0 fully saturated rings. The number of nitrogens with one attached hydrogen (secondary N) is 2. The Labute approximate surface area is 114 Å². The third-order valence-corrected chi connectivity index (χ3v) is 3.05. The molecule has 2 rings (SSSR count). The number of hydrogen-bond donors (Lipinski definition) is 2. The van der Waals surface area contributed by atoms with Crippen LogP contribution in [0.2, 0.25) is 0 Å². The molecule has 0 amide bonds. The summed E-state index contributed by atoms with van der Waals surface area (Å²) >= 11 is 3.48. The average molecular weight is 309 g/mol. The molecule has 2 N–H and O–H groups in total. The first-order valence-corrected chi connectivity index (χ1v) is 6.12. The number of aromatic nitrogens is 2. The van der Waals surface area contributed by atoms with Gasteiger partial charge in [-0.2, -0.15) is 0 Å². The van der Waals surface area contributed by atoms with Crippen molar-refractivity contribution in [3.05, 3.63) is 35.1 Å². The highest BCUT2D eigenvalue weighted by molar-refractivity contribution is 9.10. The van der Waals surface area contributed by atoms with Crippen LogP contribution in [0.3, 0.4) is 0 Å². The first-order chi connectivity index (χ1) is 8.72. The molecule has 2 aromatic rings. The van der Waals surface area contributed by atoms with Crippen molar-refractivity contribution in [3.63, 3.8) is 0 Å². The van der Waals surface area contributed by atoms with Crippen LogP contribution in [0.5, 0.6) is 5.75 Å². The van der Waals surface area contributed by atoms with Gasteiger partial charge in [0.15, 0.2) is 0 Å². The summed E-state index contributed by atoms with van der Waals surface area (Å²) in [6.45, 7) is 0. The normalized spacial score (nSPS) is 9.94. The van der Waals surface area contributed by atoms with Crippen molar-refractivity contribution in [2.24, 2.45) is 0 Å².